The first-order chi connectivity index (χ1) is 16.0. The van der Waals surface area contributed by atoms with Crippen molar-refractivity contribution in [2.45, 2.75) is 37.4 Å². The normalized spacial score (nSPS) is 15.8. The summed E-state index contributed by atoms with van der Waals surface area (Å²) in [5.74, 6) is -0.305. The maximum absolute atomic E-state index is 14.2. The molecule has 0 saturated carbocycles. The van der Waals surface area contributed by atoms with Crippen molar-refractivity contribution in [1.29, 1.82) is 0 Å². The summed E-state index contributed by atoms with van der Waals surface area (Å²) in [6.45, 7) is 2.94. The molecule has 0 aliphatic carbocycles. The van der Waals surface area contributed by atoms with E-state index in [0.29, 0.717) is 16.8 Å². The van der Waals surface area contributed by atoms with Gasteiger partial charge in [0, 0.05) is 18.3 Å². The number of amides is 1. The number of anilines is 4. The molecule has 172 valence electrons. The number of hydrogen-bond acceptors (Lipinski definition) is 7. The minimum atomic E-state index is -0.418. The van der Waals surface area contributed by atoms with E-state index in [1.807, 2.05) is 0 Å². The molecule has 7 nitrogen and oxygen atoms in total. The van der Waals surface area contributed by atoms with Crippen LogP contribution in [-0.2, 0) is 4.79 Å². The number of para-hydroxylation sites is 1. The highest BCUT2D eigenvalue weighted by molar-refractivity contribution is 7.99. The molecule has 1 atom stereocenters. The topological polar surface area (TPSA) is 83.0 Å². The maximum atomic E-state index is 14.2. The average Bonchev–Trinajstić information content (AvgIpc) is 2.81. The molecule has 33 heavy (non-hydrogen) atoms. The molecular formula is C23H24F2N6OS. The molecule has 0 bridgehead atoms. The van der Waals surface area contributed by atoms with Crippen LogP contribution in [-0.4, -0.2) is 39.2 Å². The fraction of sp³-hybridized carbons (Fsp3) is 0.304. The van der Waals surface area contributed by atoms with E-state index in [9.17, 15) is 13.6 Å². The van der Waals surface area contributed by atoms with E-state index in [2.05, 4.69) is 37.4 Å². The van der Waals surface area contributed by atoms with Gasteiger partial charge in [0.25, 0.3) is 0 Å². The Labute approximate surface area is 195 Å². The van der Waals surface area contributed by atoms with Gasteiger partial charge in [0.15, 0.2) is 5.16 Å². The van der Waals surface area contributed by atoms with Crippen molar-refractivity contribution < 1.29 is 13.6 Å². The second-order valence-electron chi connectivity index (χ2n) is 7.73. The number of aromatic nitrogens is 3. The average molecular weight is 471 g/mol. The molecule has 1 saturated heterocycles. The van der Waals surface area contributed by atoms with Crippen molar-refractivity contribution in [2.24, 2.45) is 0 Å². The summed E-state index contributed by atoms with van der Waals surface area (Å²) in [4.78, 5) is 27.9. The Hall–Kier alpha value is -3.27. The van der Waals surface area contributed by atoms with Gasteiger partial charge in [0.2, 0.25) is 17.8 Å². The Morgan fingerprint density at radius 1 is 1.09 bits per heavy atom. The van der Waals surface area contributed by atoms with Crippen molar-refractivity contribution in [3.8, 4) is 0 Å². The smallest absolute Gasteiger partial charge is 0.234 e. The van der Waals surface area contributed by atoms with E-state index in [4.69, 9.17) is 0 Å². The van der Waals surface area contributed by atoms with Gasteiger partial charge >= 0.3 is 0 Å². The number of halogens is 2. The highest BCUT2D eigenvalue weighted by Gasteiger charge is 2.23. The number of nitrogens with zero attached hydrogens (tertiary/aromatic N) is 4. The molecule has 3 aromatic rings. The molecule has 2 aromatic carbocycles. The highest BCUT2D eigenvalue weighted by atomic mass is 32.2. The first-order valence-electron chi connectivity index (χ1n) is 10.7. The Kier molecular flexibility index (Phi) is 7.33. The predicted molar refractivity (Wildman–Crippen MR) is 126 cm³/mol. The molecular weight excluding hydrogens is 446 g/mol. The maximum Gasteiger partial charge on any atom is 0.234 e. The summed E-state index contributed by atoms with van der Waals surface area (Å²) in [6.07, 6.45) is 3.22. The van der Waals surface area contributed by atoms with E-state index >= 15 is 0 Å². The quantitative estimate of drug-likeness (QED) is 0.470. The van der Waals surface area contributed by atoms with Crippen LogP contribution in [0.25, 0.3) is 0 Å². The molecule has 1 amide bonds. The Bertz CT molecular complexity index is 1110. The van der Waals surface area contributed by atoms with E-state index in [1.165, 1.54) is 30.3 Å². The molecule has 0 radical (unpaired) electrons. The molecule has 1 aliphatic heterocycles. The molecule has 2 N–H and O–H groups in total. The van der Waals surface area contributed by atoms with Gasteiger partial charge < -0.3 is 15.5 Å². The third-order valence-electron chi connectivity index (χ3n) is 5.24. The first kappa shape index (κ1) is 22.9. The molecule has 4 rings (SSSR count). The Balaban J connectivity index is 1.52. The third kappa shape index (κ3) is 6.16. The lowest BCUT2D eigenvalue weighted by molar-refractivity contribution is -0.113. The molecule has 1 aromatic heterocycles. The zero-order valence-corrected chi connectivity index (χ0v) is 18.9. The number of thioether (sulfide) groups is 1. The summed E-state index contributed by atoms with van der Waals surface area (Å²) < 4.78 is 27.2. The molecule has 1 aliphatic rings. The van der Waals surface area contributed by atoms with Gasteiger partial charge in [-0.2, -0.15) is 15.0 Å². The molecule has 1 fully saturated rings. The van der Waals surface area contributed by atoms with Gasteiger partial charge in [-0.25, -0.2) is 8.78 Å². The van der Waals surface area contributed by atoms with E-state index in [-0.39, 0.29) is 35.2 Å². The van der Waals surface area contributed by atoms with Crippen LogP contribution < -0.4 is 15.5 Å². The van der Waals surface area contributed by atoms with Crippen molar-refractivity contribution in [1.82, 2.24) is 15.0 Å². The van der Waals surface area contributed by atoms with Crippen LogP contribution in [0, 0.1) is 11.6 Å². The summed E-state index contributed by atoms with van der Waals surface area (Å²) in [6, 6.07) is 12.1. The first-order valence-corrected chi connectivity index (χ1v) is 11.7. The monoisotopic (exact) mass is 470 g/mol. The molecule has 2 heterocycles. The Morgan fingerprint density at radius 2 is 1.88 bits per heavy atom. The van der Waals surface area contributed by atoms with Crippen LogP contribution in [0.5, 0.6) is 0 Å². The number of benzene rings is 2. The fourth-order valence-electron chi connectivity index (χ4n) is 3.53. The predicted octanol–water partition coefficient (Wildman–Crippen LogP) is 5.00. The standard InChI is InChI=1S/C23H24F2N6OS/c1-15-6-4-5-13-31(15)22-28-21(27-19-8-3-2-7-18(19)25)29-23(30-22)33-14-20(32)26-17-11-9-16(24)10-12-17/h2-3,7-12,15H,4-6,13-14H2,1H3,(H,26,32)(H,27,28,29,30)/t15-/m0/s1. The van der Waals surface area contributed by atoms with Crippen LogP contribution in [0.4, 0.5) is 32.1 Å². The van der Waals surface area contributed by atoms with E-state index in [1.54, 1.807) is 18.2 Å². The van der Waals surface area contributed by atoms with Crippen LogP contribution in [0.1, 0.15) is 26.2 Å². The van der Waals surface area contributed by atoms with Crippen LogP contribution in [0.3, 0.4) is 0 Å². The summed E-state index contributed by atoms with van der Waals surface area (Å²) >= 11 is 1.15. The zero-order chi connectivity index (χ0) is 23.2. The van der Waals surface area contributed by atoms with Gasteiger partial charge in [0.05, 0.1) is 11.4 Å². The molecule has 10 heteroatoms. The highest BCUT2D eigenvalue weighted by Crippen LogP contribution is 2.26. The minimum Gasteiger partial charge on any atom is -0.338 e. The lowest BCUT2D eigenvalue weighted by Crippen LogP contribution is -2.38. The lowest BCUT2D eigenvalue weighted by atomic mass is 10.0. The van der Waals surface area contributed by atoms with Gasteiger partial charge in [-0.1, -0.05) is 23.9 Å². The SMILES string of the molecule is C[C@H]1CCCCN1c1nc(Nc2ccccc2F)nc(SCC(=O)Nc2ccc(F)cc2)n1. The van der Waals surface area contributed by atoms with Crippen molar-refractivity contribution in [3.63, 3.8) is 0 Å². The minimum absolute atomic E-state index is 0.0511. The van der Waals surface area contributed by atoms with Crippen LogP contribution in [0.2, 0.25) is 0 Å². The van der Waals surface area contributed by atoms with E-state index in [0.717, 1.165) is 37.6 Å². The van der Waals surface area contributed by atoms with Gasteiger partial charge in [-0.3, -0.25) is 4.79 Å². The summed E-state index contributed by atoms with van der Waals surface area (Å²) in [7, 11) is 0. The van der Waals surface area contributed by atoms with Crippen LogP contribution >= 0.6 is 11.8 Å². The molecule has 0 spiro atoms. The number of piperidine rings is 1. The Morgan fingerprint density at radius 3 is 2.64 bits per heavy atom. The summed E-state index contributed by atoms with van der Waals surface area (Å²) in [5, 5.41) is 5.99. The number of nitrogens with one attached hydrogen (secondary N) is 2. The van der Waals surface area contributed by atoms with E-state index < -0.39 is 5.82 Å². The van der Waals surface area contributed by atoms with Crippen LogP contribution in [0.15, 0.2) is 53.7 Å². The van der Waals surface area contributed by atoms with Crippen molar-refractivity contribution in [2.75, 3.05) is 27.8 Å². The van der Waals surface area contributed by atoms with Gasteiger partial charge in [0.1, 0.15) is 11.6 Å². The second kappa shape index (κ2) is 10.6. The number of rotatable bonds is 7. The third-order valence-corrected chi connectivity index (χ3v) is 6.09. The lowest BCUT2D eigenvalue weighted by Gasteiger charge is -2.33. The second-order valence-corrected chi connectivity index (χ2v) is 8.67. The number of hydrogen-bond donors (Lipinski definition) is 2. The van der Waals surface area contributed by atoms with Gasteiger partial charge in [-0.05, 0) is 62.6 Å². The fourth-order valence-corrected chi connectivity index (χ4v) is 4.16. The summed E-state index contributed by atoms with van der Waals surface area (Å²) in [5.41, 5.74) is 0.758. The van der Waals surface area contributed by atoms with Crippen molar-refractivity contribution in [3.05, 3.63) is 60.2 Å². The van der Waals surface area contributed by atoms with Gasteiger partial charge in [-0.15, -0.1) is 0 Å². The number of carbonyl (C=O) groups is 1. The zero-order valence-electron chi connectivity index (χ0n) is 18.1. The largest absolute Gasteiger partial charge is 0.338 e. The number of carbonyl (C=O) groups excluding carboxylic acids is 1. The van der Waals surface area contributed by atoms with Crippen molar-refractivity contribution >= 4 is 40.9 Å². The molecule has 0 unspecified atom stereocenters.